The smallest absolute Gasteiger partial charge is 0.150 e. The number of hydrogen-bond donors (Lipinski definition) is 2. The molecule has 2 fully saturated rings. The summed E-state index contributed by atoms with van der Waals surface area (Å²) in [5.41, 5.74) is 4.75. The van der Waals surface area contributed by atoms with E-state index < -0.39 is 0 Å². The normalized spacial score (nSPS) is 18.3. The molecular formula is C23H26N6OS. The molecule has 4 aromatic rings. The zero-order chi connectivity index (χ0) is 20.6. The van der Waals surface area contributed by atoms with Crippen molar-refractivity contribution in [2.45, 2.75) is 6.54 Å². The number of aromatic amines is 1. The van der Waals surface area contributed by atoms with Gasteiger partial charge in [0.05, 0.1) is 23.4 Å². The molecule has 0 bridgehead atoms. The molecule has 0 aliphatic carbocycles. The average Bonchev–Trinajstić information content (AvgIpc) is 3.44. The lowest BCUT2D eigenvalue weighted by molar-refractivity contribution is 0.122. The number of nitrogens with one attached hydrogen (secondary N) is 2. The van der Waals surface area contributed by atoms with Gasteiger partial charge in [-0.25, -0.2) is 9.97 Å². The number of ether oxygens (including phenoxy) is 1. The number of rotatable bonds is 4. The van der Waals surface area contributed by atoms with Gasteiger partial charge in [-0.05, 0) is 17.7 Å². The fourth-order valence-corrected chi connectivity index (χ4v) is 6.03. The Kier molecular flexibility index (Phi) is 5.07. The first-order valence-electron chi connectivity index (χ1n) is 11.0. The minimum atomic E-state index is 0.750. The molecule has 7 nitrogen and oxygen atoms in total. The largest absolute Gasteiger partial charge is 0.378 e. The number of nitrogens with zero attached hydrogens (tertiary/aromatic N) is 4. The highest BCUT2D eigenvalue weighted by Crippen LogP contribution is 2.43. The Bertz CT molecular complexity index is 1210. The third-order valence-corrected chi connectivity index (χ3v) is 7.44. The van der Waals surface area contributed by atoms with Crippen molar-refractivity contribution in [2.75, 3.05) is 57.4 Å². The number of fused-ring (bicyclic) bond motifs is 2. The Hall–Kier alpha value is -2.52. The number of hydrogen-bond acceptors (Lipinski definition) is 7. The van der Waals surface area contributed by atoms with E-state index in [0.29, 0.717) is 0 Å². The molecule has 0 amide bonds. The molecule has 1 aromatic carbocycles. The summed E-state index contributed by atoms with van der Waals surface area (Å²) in [6.07, 6.45) is 3.75. The molecule has 5 heterocycles. The van der Waals surface area contributed by atoms with Crippen LogP contribution in [0.2, 0.25) is 0 Å². The lowest BCUT2D eigenvalue weighted by atomic mass is 10.0. The van der Waals surface area contributed by atoms with Crippen molar-refractivity contribution in [3.05, 3.63) is 41.7 Å². The van der Waals surface area contributed by atoms with Gasteiger partial charge in [-0.2, -0.15) is 0 Å². The molecule has 2 N–H and O–H groups in total. The summed E-state index contributed by atoms with van der Waals surface area (Å²) in [7, 11) is 0. The van der Waals surface area contributed by atoms with Crippen LogP contribution in [0.4, 0.5) is 5.82 Å². The number of H-pyrrole nitrogens is 1. The summed E-state index contributed by atoms with van der Waals surface area (Å²) < 4.78 is 6.77. The predicted molar refractivity (Wildman–Crippen MR) is 126 cm³/mol. The summed E-state index contributed by atoms with van der Waals surface area (Å²) in [6.45, 7) is 8.44. The highest BCUT2D eigenvalue weighted by molar-refractivity contribution is 7.20. The number of anilines is 1. The molecule has 160 valence electrons. The Morgan fingerprint density at radius 2 is 1.90 bits per heavy atom. The molecule has 3 aromatic heterocycles. The maximum absolute atomic E-state index is 5.57. The molecule has 0 atom stereocenters. The minimum Gasteiger partial charge on any atom is -0.378 e. The minimum absolute atomic E-state index is 0.750. The van der Waals surface area contributed by atoms with E-state index in [4.69, 9.17) is 14.7 Å². The van der Waals surface area contributed by atoms with E-state index in [0.717, 1.165) is 75.9 Å². The van der Waals surface area contributed by atoms with Crippen LogP contribution in [0, 0.1) is 0 Å². The summed E-state index contributed by atoms with van der Waals surface area (Å²) >= 11 is 1.86. The van der Waals surface area contributed by atoms with Crippen LogP contribution < -0.4 is 10.2 Å². The molecule has 0 spiro atoms. The standard InChI is InChI=1S/C23H26N6OS/c1-2-17(16-4-5-25-18(16)3-1)20-19(14-28-8-6-24-7-9-28)31-22-21(20)26-15-27-23(22)29-10-12-30-13-11-29/h1-5,15,24-25H,6-14H2. The van der Waals surface area contributed by atoms with Gasteiger partial charge in [0.2, 0.25) is 0 Å². The Balaban J connectivity index is 1.54. The maximum atomic E-state index is 5.57. The van der Waals surface area contributed by atoms with Crippen LogP contribution in [0.1, 0.15) is 4.88 Å². The van der Waals surface area contributed by atoms with Gasteiger partial charge in [0, 0.05) is 73.4 Å². The summed E-state index contributed by atoms with van der Waals surface area (Å²) in [6, 6.07) is 8.68. The third-order valence-electron chi connectivity index (χ3n) is 6.28. The first-order chi connectivity index (χ1) is 15.4. The molecule has 2 aliphatic heterocycles. The van der Waals surface area contributed by atoms with E-state index in [-0.39, 0.29) is 0 Å². The Morgan fingerprint density at radius 1 is 1.03 bits per heavy atom. The number of aromatic nitrogens is 3. The van der Waals surface area contributed by atoms with Gasteiger partial charge >= 0.3 is 0 Å². The third kappa shape index (κ3) is 3.49. The van der Waals surface area contributed by atoms with Gasteiger partial charge in [-0.1, -0.05) is 12.1 Å². The maximum Gasteiger partial charge on any atom is 0.150 e. The lowest BCUT2D eigenvalue weighted by Gasteiger charge is -2.27. The first kappa shape index (κ1) is 19.2. The number of piperazine rings is 1. The average molecular weight is 435 g/mol. The van der Waals surface area contributed by atoms with Gasteiger partial charge in [0.1, 0.15) is 12.1 Å². The van der Waals surface area contributed by atoms with Crippen LogP contribution in [0.5, 0.6) is 0 Å². The van der Waals surface area contributed by atoms with Crippen molar-refractivity contribution in [3.8, 4) is 11.1 Å². The molecule has 6 rings (SSSR count). The van der Waals surface area contributed by atoms with Crippen molar-refractivity contribution in [1.29, 1.82) is 0 Å². The number of benzene rings is 1. The van der Waals surface area contributed by atoms with Crippen LogP contribution in [-0.4, -0.2) is 72.3 Å². The van der Waals surface area contributed by atoms with E-state index >= 15 is 0 Å². The van der Waals surface area contributed by atoms with Crippen LogP contribution in [0.15, 0.2) is 36.8 Å². The van der Waals surface area contributed by atoms with Crippen molar-refractivity contribution >= 4 is 38.3 Å². The predicted octanol–water partition coefficient (Wildman–Crippen LogP) is 3.08. The molecule has 0 saturated carbocycles. The fourth-order valence-electron chi connectivity index (χ4n) is 4.71. The monoisotopic (exact) mass is 434 g/mol. The molecule has 2 aliphatic rings. The van der Waals surface area contributed by atoms with Crippen molar-refractivity contribution < 1.29 is 4.74 Å². The van der Waals surface area contributed by atoms with E-state index in [9.17, 15) is 0 Å². The van der Waals surface area contributed by atoms with Crippen molar-refractivity contribution in [2.24, 2.45) is 0 Å². The van der Waals surface area contributed by atoms with Crippen LogP contribution in [0.3, 0.4) is 0 Å². The number of morpholine rings is 1. The number of thiophene rings is 1. The molecule has 0 unspecified atom stereocenters. The quantitative estimate of drug-likeness (QED) is 0.515. The van der Waals surface area contributed by atoms with Crippen LogP contribution >= 0.6 is 11.3 Å². The molecule has 31 heavy (non-hydrogen) atoms. The first-order valence-corrected chi connectivity index (χ1v) is 11.8. The summed E-state index contributed by atoms with van der Waals surface area (Å²) in [4.78, 5) is 19.2. The highest BCUT2D eigenvalue weighted by Gasteiger charge is 2.24. The van der Waals surface area contributed by atoms with E-state index in [1.165, 1.54) is 26.1 Å². The molecule has 0 radical (unpaired) electrons. The van der Waals surface area contributed by atoms with Gasteiger partial charge in [-0.15, -0.1) is 11.3 Å². The summed E-state index contributed by atoms with van der Waals surface area (Å²) in [5, 5.41) is 4.71. The van der Waals surface area contributed by atoms with Gasteiger partial charge < -0.3 is 19.9 Å². The lowest BCUT2D eigenvalue weighted by Crippen LogP contribution is -2.42. The van der Waals surface area contributed by atoms with Crippen LogP contribution in [0.25, 0.3) is 32.2 Å². The Morgan fingerprint density at radius 3 is 2.77 bits per heavy atom. The highest BCUT2D eigenvalue weighted by atomic mass is 32.1. The van der Waals surface area contributed by atoms with Crippen molar-refractivity contribution in [1.82, 2.24) is 25.2 Å². The topological polar surface area (TPSA) is 69.3 Å². The SMILES string of the molecule is c1cc(-c2c(CN3CCNCC3)sc3c(N4CCOCC4)ncnc23)c2cc[nH]c2c1. The molecular weight excluding hydrogens is 408 g/mol. The Labute approximate surface area is 185 Å². The van der Waals surface area contributed by atoms with Gasteiger partial charge in [0.25, 0.3) is 0 Å². The van der Waals surface area contributed by atoms with Crippen LogP contribution in [-0.2, 0) is 11.3 Å². The zero-order valence-electron chi connectivity index (χ0n) is 17.4. The van der Waals surface area contributed by atoms with E-state index in [1.807, 2.05) is 17.5 Å². The molecule has 8 heteroatoms. The van der Waals surface area contributed by atoms with E-state index in [1.54, 1.807) is 6.33 Å². The fraction of sp³-hybridized carbons (Fsp3) is 0.391. The van der Waals surface area contributed by atoms with E-state index in [2.05, 4.69) is 44.4 Å². The second-order valence-corrected chi connectivity index (χ2v) is 9.25. The zero-order valence-corrected chi connectivity index (χ0v) is 18.2. The van der Waals surface area contributed by atoms with Gasteiger partial charge in [0.15, 0.2) is 0 Å². The van der Waals surface area contributed by atoms with Gasteiger partial charge in [-0.3, -0.25) is 4.90 Å². The summed E-state index contributed by atoms with van der Waals surface area (Å²) in [5.74, 6) is 1.05. The second-order valence-electron chi connectivity index (χ2n) is 8.15. The van der Waals surface area contributed by atoms with Crippen molar-refractivity contribution in [3.63, 3.8) is 0 Å². The second kappa shape index (κ2) is 8.20. The molecule has 2 saturated heterocycles.